The second-order valence-electron chi connectivity index (χ2n) is 4.79. The van der Waals surface area contributed by atoms with E-state index < -0.39 is 18.0 Å². The third kappa shape index (κ3) is 5.09. The predicted molar refractivity (Wildman–Crippen MR) is 88.1 cm³/mol. The Labute approximate surface area is 152 Å². The van der Waals surface area contributed by atoms with Crippen LogP contribution in [0.3, 0.4) is 0 Å². The Kier molecular flexibility index (Phi) is 6.63. The van der Waals surface area contributed by atoms with Gasteiger partial charge in [-0.25, -0.2) is 4.79 Å². The third-order valence-electron chi connectivity index (χ3n) is 3.08. The van der Waals surface area contributed by atoms with Gasteiger partial charge in [0.05, 0.1) is 16.6 Å². The summed E-state index contributed by atoms with van der Waals surface area (Å²) in [4.78, 5) is 22.7. The lowest BCUT2D eigenvalue weighted by Gasteiger charge is -2.10. The molecule has 2 aromatic rings. The number of carbonyl (C=O) groups is 2. The Morgan fingerprint density at radius 2 is 2.04 bits per heavy atom. The molecule has 1 aromatic carbocycles. The van der Waals surface area contributed by atoms with E-state index in [1.807, 2.05) is 0 Å². The quantitative estimate of drug-likeness (QED) is 0.713. The number of methoxy groups -OCH3 is 1. The van der Waals surface area contributed by atoms with Crippen molar-refractivity contribution in [3.8, 4) is 5.75 Å². The summed E-state index contributed by atoms with van der Waals surface area (Å²) < 4.78 is 15.2. The van der Waals surface area contributed by atoms with Crippen LogP contribution in [0, 0.1) is 0 Å². The highest BCUT2D eigenvalue weighted by Gasteiger charge is 2.19. The predicted octanol–water partition coefficient (Wildman–Crippen LogP) is 2.39. The first-order chi connectivity index (χ1) is 11.9. The van der Waals surface area contributed by atoms with Gasteiger partial charge >= 0.3 is 5.97 Å². The van der Waals surface area contributed by atoms with Gasteiger partial charge in [0.15, 0.2) is 23.3 Å². The fourth-order valence-corrected chi connectivity index (χ4v) is 2.31. The molecule has 134 valence electrons. The van der Waals surface area contributed by atoms with Crippen molar-refractivity contribution in [2.45, 2.75) is 12.7 Å². The summed E-state index contributed by atoms with van der Waals surface area (Å²) in [7, 11) is 1.23. The van der Waals surface area contributed by atoms with E-state index in [-0.39, 0.29) is 30.4 Å². The van der Waals surface area contributed by atoms with E-state index in [9.17, 15) is 9.59 Å². The van der Waals surface area contributed by atoms with Crippen molar-refractivity contribution >= 4 is 35.1 Å². The van der Waals surface area contributed by atoms with Crippen LogP contribution in [0.25, 0.3) is 0 Å². The van der Waals surface area contributed by atoms with Gasteiger partial charge in [-0.05, 0) is 12.1 Å². The molecule has 0 radical (unpaired) electrons. The van der Waals surface area contributed by atoms with Crippen LogP contribution in [0.1, 0.15) is 16.2 Å². The summed E-state index contributed by atoms with van der Waals surface area (Å²) in [6.07, 6.45) is -1.15. The average Bonchev–Trinajstić information content (AvgIpc) is 3.03. The highest BCUT2D eigenvalue weighted by Crippen LogP contribution is 2.32. The minimum absolute atomic E-state index is 0.0240. The van der Waals surface area contributed by atoms with Crippen LogP contribution in [0.4, 0.5) is 0 Å². The number of aromatic nitrogens is 1. The van der Waals surface area contributed by atoms with Crippen LogP contribution in [0.15, 0.2) is 28.8 Å². The number of carbonyl (C=O) groups excluding carboxylic acids is 1. The van der Waals surface area contributed by atoms with Crippen molar-refractivity contribution in [3.63, 3.8) is 0 Å². The molecule has 10 heteroatoms. The van der Waals surface area contributed by atoms with Crippen LogP contribution >= 0.6 is 23.2 Å². The second-order valence-corrected chi connectivity index (χ2v) is 5.60. The molecule has 0 saturated heterocycles. The van der Waals surface area contributed by atoms with Gasteiger partial charge < -0.3 is 24.4 Å². The van der Waals surface area contributed by atoms with Crippen LogP contribution < -0.4 is 10.1 Å². The van der Waals surface area contributed by atoms with E-state index in [0.29, 0.717) is 10.0 Å². The highest BCUT2D eigenvalue weighted by molar-refractivity contribution is 6.37. The number of carboxylic acids is 1. The number of benzene rings is 1. The number of aliphatic carboxylic acids is 1. The lowest BCUT2D eigenvalue weighted by Crippen LogP contribution is -2.37. The molecule has 1 unspecified atom stereocenters. The molecule has 0 spiro atoms. The maximum atomic E-state index is 11.9. The average molecular weight is 389 g/mol. The molecule has 0 bridgehead atoms. The fraction of sp³-hybridized carbons (Fsp3) is 0.267. The van der Waals surface area contributed by atoms with Crippen LogP contribution in [-0.4, -0.2) is 41.9 Å². The zero-order valence-corrected chi connectivity index (χ0v) is 14.5. The SMILES string of the molecule is COC(CNC(=O)c1cc(COc2c(Cl)cccc2Cl)on1)C(=O)O. The van der Waals surface area contributed by atoms with E-state index in [2.05, 4.69) is 10.5 Å². The van der Waals surface area contributed by atoms with Crippen molar-refractivity contribution in [1.29, 1.82) is 0 Å². The number of hydrogen-bond acceptors (Lipinski definition) is 6. The molecule has 0 aliphatic heterocycles. The van der Waals surface area contributed by atoms with Crippen molar-refractivity contribution in [2.75, 3.05) is 13.7 Å². The molecule has 0 aliphatic carbocycles. The maximum Gasteiger partial charge on any atom is 0.334 e. The van der Waals surface area contributed by atoms with Gasteiger partial charge in [0.1, 0.15) is 6.61 Å². The smallest absolute Gasteiger partial charge is 0.334 e. The molecule has 2 rings (SSSR count). The van der Waals surface area contributed by atoms with Gasteiger partial charge in [0.2, 0.25) is 0 Å². The third-order valence-corrected chi connectivity index (χ3v) is 3.67. The first-order valence-electron chi connectivity index (χ1n) is 6.98. The Morgan fingerprint density at radius 3 is 2.64 bits per heavy atom. The molecular formula is C15H14Cl2N2O6. The molecule has 1 amide bonds. The molecule has 1 heterocycles. The van der Waals surface area contributed by atoms with Gasteiger partial charge in [-0.3, -0.25) is 4.79 Å². The van der Waals surface area contributed by atoms with Crippen molar-refractivity contribution in [2.24, 2.45) is 0 Å². The van der Waals surface area contributed by atoms with Crippen molar-refractivity contribution in [1.82, 2.24) is 10.5 Å². The number of amides is 1. The Morgan fingerprint density at radius 1 is 1.36 bits per heavy atom. The number of carboxylic acid groups (broad SMARTS) is 1. The van der Waals surface area contributed by atoms with E-state index >= 15 is 0 Å². The first kappa shape index (κ1) is 19.0. The number of para-hydroxylation sites is 1. The number of halogens is 2. The van der Waals surface area contributed by atoms with Gasteiger partial charge in [0, 0.05) is 13.2 Å². The summed E-state index contributed by atoms with van der Waals surface area (Å²) in [6.45, 7) is -0.252. The van der Waals surface area contributed by atoms with E-state index in [1.165, 1.54) is 13.2 Å². The van der Waals surface area contributed by atoms with E-state index in [0.717, 1.165) is 0 Å². The normalized spacial score (nSPS) is 11.8. The number of ether oxygens (including phenoxy) is 2. The summed E-state index contributed by atoms with van der Waals surface area (Å²) in [5.74, 6) is -1.23. The van der Waals surface area contributed by atoms with E-state index in [4.69, 9.17) is 42.3 Å². The maximum absolute atomic E-state index is 11.9. The molecule has 25 heavy (non-hydrogen) atoms. The van der Waals surface area contributed by atoms with Crippen molar-refractivity contribution in [3.05, 3.63) is 45.8 Å². The number of rotatable bonds is 8. The van der Waals surface area contributed by atoms with Crippen LogP contribution in [0.2, 0.25) is 10.0 Å². The zero-order chi connectivity index (χ0) is 18.4. The number of nitrogens with one attached hydrogen (secondary N) is 1. The number of hydrogen-bond donors (Lipinski definition) is 2. The molecule has 1 atom stereocenters. The Balaban J connectivity index is 1.93. The zero-order valence-electron chi connectivity index (χ0n) is 13.0. The lowest BCUT2D eigenvalue weighted by molar-refractivity contribution is -0.148. The standard InChI is InChI=1S/C15H14Cl2N2O6/c1-23-12(15(21)22)6-18-14(20)11-5-8(25-19-11)7-24-13-9(16)3-2-4-10(13)17/h2-5,12H,6-7H2,1H3,(H,18,20)(H,21,22). The van der Waals surface area contributed by atoms with Crippen molar-refractivity contribution < 1.29 is 28.7 Å². The summed E-state index contributed by atoms with van der Waals surface area (Å²) in [6, 6.07) is 6.29. The first-order valence-corrected chi connectivity index (χ1v) is 7.74. The van der Waals surface area contributed by atoms with E-state index in [1.54, 1.807) is 18.2 Å². The summed E-state index contributed by atoms with van der Waals surface area (Å²) in [5, 5.41) is 15.5. The largest absolute Gasteiger partial charge is 0.482 e. The summed E-state index contributed by atoms with van der Waals surface area (Å²) in [5.41, 5.74) is -0.0240. The Hall–Kier alpha value is -2.29. The Bertz CT molecular complexity index is 744. The second kappa shape index (κ2) is 8.70. The summed E-state index contributed by atoms with van der Waals surface area (Å²) >= 11 is 12.0. The molecule has 1 aromatic heterocycles. The topological polar surface area (TPSA) is 111 Å². The molecule has 0 aliphatic rings. The molecule has 2 N–H and O–H groups in total. The van der Waals surface area contributed by atoms with Crippen LogP contribution in [-0.2, 0) is 16.1 Å². The highest BCUT2D eigenvalue weighted by atomic mass is 35.5. The minimum Gasteiger partial charge on any atom is -0.482 e. The molecule has 0 fully saturated rings. The minimum atomic E-state index is -1.19. The van der Waals surface area contributed by atoms with Gasteiger partial charge in [-0.2, -0.15) is 0 Å². The van der Waals surface area contributed by atoms with Crippen LogP contribution in [0.5, 0.6) is 5.75 Å². The molecule has 0 saturated carbocycles. The molecule has 8 nitrogen and oxygen atoms in total. The lowest BCUT2D eigenvalue weighted by atomic mass is 10.3. The van der Waals surface area contributed by atoms with Gasteiger partial charge in [-0.1, -0.05) is 34.4 Å². The monoisotopic (exact) mass is 388 g/mol. The molecular weight excluding hydrogens is 375 g/mol. The fourth-order valence-electron chi connectivity index (χ4n) is 1.80. The number of nitrogens with zero attached hydrogens (tertiary/aromatic N) is 1. The van der Waals surface area contributed by atoms with Gasteiger partial charge in [0.25, 0.3) is 5.91 Å². The van der Waals surface area contributed by atoms with Gasteiger partial charge in [-0.15, -0.1) is 0 Å².